The van der Waals surface area contributed by atoms with Crippen molar-refractivity contribution in [2.45, 2.75) is 123 Å². The summed E-state index contributed by atoms with van der Waals surface area (Å²) in [5, 5.41) is 6.05. The quantitative estimate of drug-likeness (QED) is 0.304. The van der Waals surface area contributed by atoms with Crippen LogP contribution in [0, 0.1) is 23.7 Å². The number of terminal acetylenes is 1. The summed E-state index contributed by atoms with van der Waals surface area (Å²) >= 11 is 0. The Hall–Kier alpha value is -2.80. The van der Waals surface area contributed by atoms with E-state index in [2.05, 4.69) is 16.6 Å². The van der Waals surface area contributed by atoms with Crippen LogP contribution >= 0.6 is 0 Å². The number of nitrogens with one attached hydrogen (secondary N) is 2. The molecule has 2 fully saturated rings. The van der Waals surface area contributed by atoms with Gasteiger partial charge in [-0.3, -0.25) is 19.3 Å². The minimum atomic E-state index is -0.897. The summed E-state index contributed by atoms with van der Waals surface area (Å²) in [6, 6.07) is -2.58. The lowest BCUT2D eigenvalue weighted by Crippen LogP contribution is -2.60. The molecule has 232 valence electrons. The Kier molecular flexibility index (Phi) is 12.5. The molecule has 10 nitrogen and oxygen atoms in total. The monoisotopic (exact) mass is 576 g/mol. The maximum atomic E-state index is 13.9. The first-order valence-electron chi connectivity index (χ1n) is 14.9. The van der Waals surface area contributed by atoms with Crippen molar-refractivity contribution in [2.24, 2.45) is 11.3 Å². The molecule has 2 aliphatic rings. The fourth-order valence-electron chi connectivity index (χ4n) is 5.40. The van der Waals surface area contributed by atoms with Gasteiger partial charge in [0.15, 0.2) is 0 Å². The minimum absolute atomic E-state index is 0.170. The van der Waals surface area contributed by atoms with Gasteiger partial charge in [0.1, 0.15) is 30.3 Å². The second kappa shape index (κ2) is 14.9. The third-order valence-electron chi connectivity index (χ3n) is 7.91. The smallest absolute Gasteiger partial charge is 0.410 e. The highest BCUT2D eigenvalue weighted by Crippen LogP contribution is 2.29. The van der Waals surface area contributed by atoms with Crippen LogP contribution in [0.4, 0.5) is 4.79 Å². The van der Waals surface area contributed by atoms with Gasteiger partial charge in [0.2, 0.25) is 17.7 Å². The summed E-state index contributed by atoms with van der Waals surface area (Å²) < 4.78 is 11.0. The molecule has 0 aromatic carbocycles. The Morgan fingerprint density at radius 1 is 1.00 bits per heavy atom. The van der Waals surface area contributed by atoms with Crippen molar-refractivity contribution in [3.8, 4) is 12.3 Å². The molecule has 4 atom stereocenters. The second-order valence-electron chi connectivity index (χ2n) is 13.5. The molecule has 4 amide bonds. The van der Waals surface area contributed by atoms with Crippen LogP contribution in [0.3, 0.4) is 0 Å². The van der Waals surface area contributed by atoms with E-state index in [4.69, 9.17) is 15.9 Å². The van der Waals surface area contributed by atoms with Crippen LogP contribution in [-0.2, 0) is 23.9 Å². The average Bonchev–Trinajstić information content (AvgIpc) is 3.39. The molecule has 0 bridgehead atoms. The molecule has 1 aliphatic heterocycles. The molecule has 10 heteroatoms. The molecule has 1 saturated carbocycles. The third-order valence-corrected chi connectivity index (χ3v) is 7.91. The summed E-state index contributed by atoms with van der Waals surface area (Å²) in [4.78, 5) is 56.1. The first-order valence-corrected chi connectivity index (χ1v) is 14.9. The number of likely N-dealkylation sites (N-methyl/N-ethyl adjacent to an activating group) is 1. The Morgan fingerprint density at radius 3 is 2.20 bits per heavy atom. The van der Waals surface area contributed by atoms with Crippen molar-refractivity contribution in [1.82, 2.24) is 20.4 Å². The Labute approximate surface area is 246 Å². The molecule has 2 rings (SSSR count). The molecule has 0 spiro atoms. The SMILES string of the molecule is C#CCOC[C@@H](NC(=O)[C@@H]1CCCN1C(=O)[C@@H](NC(=O)[C@H](C)N(C)C(=O)OC(C)(C)C)C(C)(C)C)C1CCCCC1. The van der Waals surface area contributed by atoms with E-state index in [-0.39, 0.29) is 24.5 Å². The number of ether oxygens (including phenoxy) is 2. The highest BCUT2D eigenvalue weighted by molar-refractivity contribution is 5.94. The fraction of sp³-hybridized carbons (Fsp3) is 0.806. The van der Waals surface area contributed by atoms with Crippen molar-refractivity contribution in [3.05, 3.63) is 0 Å². The van der Waals surface area contributed by atoms with Gasteiger partial charge in [0.25, 0.3) is 0 Å². The van der Waals surface area contributed by atoms with Crippen molar-refractivity contribution < 1.29 is 28.7 Å². The van der Waals surface area contributed by atoms with Crippen LogP contribution in [0.1, 0.15) is 93.4 Å². The summed E-state index contributed by atoms with van der Waals surface area (Å²) in [7, 11) is 1.49. The van der Waals surface area contributed by atoms with Crippen LogP contribution in [-0.4, -0.2) is 90.2 Å². The van der Waals surface area contributed by atoms with E-state index < -0.39 is 41.1 Å². The van der Waals surface area contributed by atoms with Gasteiger partial charge < -0.3 is 25.0 Å². The molecule has 0 aromatic heterocycles. The number of likely N-dealkylation sites (tertiary alicyclic amines) is 1. The topological polar surface area (TPSA) is 117 Å². The van der Waals surface area contributed by atoms with Gasteiger partial charge in [-0.2, -0.15) is 0 Å². The van der Waals surface area contributed by atoms with Crippen LogP contribution in [0.25, 0.3) is 0 Å². The Balaban J connectivity index is 2.15. The normalized spacial score (nSPS) is 20.4. The lowest BCUT2D eigenvalue weighted by Gasteiger charge is -2.37. The summed E-state index contributed by atoms with van der Waals surface area (Å²) in [5.74, 6) is 1.79. The van der Waals surface area contributed by atoms with Crippen molar-refractivity contribution >= 4 is 23.8 Å². The Morgan fingerprint density at radius 2 is 1.63 bits per heavy atom. The van der Waals surface area contributed by atoms with Gasteiger partial charge in [0, 0.05) is 13.6 Å². The number of amides is 4. The molecule has 1 heterocycles. The lowest BCUT2D eigenvalue weighted by atomic mass is 9.84. The Bertz CT molecular complexity index is 957. The standard InChI is InChI=1S/C31H52N4O6/c1-10-19-40-20-23(22-15-12-11-13-16-22)32-27(37)24-17-14-18-35(24)28(38)25(30(3,4)5)33-26(36)21(2)34(9)29(39)41-31(6,7)8/h1,21-25H,11-20H2,2-9H3,(H,32,37)(H,33,36)/t21-,23+,24-,25+/m0/s1. The number of carbonyl (C=O) groups excluding carboxylic acids is 4. The van der Waals surface area contributed by atoms with Gasteiger partial charge >= 0.3 is 6.09 Å². The lowest BCUT2D eigenvalue weighted by molar-refractivity contribution is -0.144. The molecule has 2 N–H and O–H groups in total. The van der Waals surface area contributed by atoms with Gasteiger partial charge in [0.05, 0.1) is 12.6 Å². The third kappa shape index (κ3) is 10.2. The van der Waals surface area contributed by atoms with E-state index in [0.717, 1.165) is 25.7 Å². The zero-order chi connectivity index (χ0) is 31.0. The maximum Gasteiger partial charge on any atom is 0.410 e. The second-order valence-corrected chi connectivity index (χ2v) is 13.5. The molecule has 41 heavy (non-hydrogen) atoms. The van der Waals surface area contributed by atoms with Crippen LogP contribution in [0.2, 0.25) is 0 Å². The van der Waals surface area contributed by atoms with E-state index in [0.29, 0.717) is 31.9 Å². The predicted octanol–water partition coefficient (Wildman–Crippen LogP) is 3.48. The predicted molar refractivity (Wildman–Crippen MR) is 158 cm³/mol. The largest absolute Gasteiger partial charge is 0.444 e. The fourth-order valence-corrected chi connectivity index (χ4v) is 5.40. The minimum Gasteiger partial charge on any atom is -0.444 e. The van der Waals surface area contributed by atoms with Crippen molar-refractivity contribution in [1.29, 1.82) is 0 Å². The molecule has 0 unspecified atom stereocenters. The zero-order valence-corrected chi connectivity index (χ0v) is 26.4. The van der Waals surface area contributed by atoms with Crippen LogP contribution < -0.4 is 10.6 Å². The van der Waals surface area contributed by atoms with E-state index in [1.165, 1.54) is 18.4 Å². The van der Waals surface area contributed by atoms with Gasteiger partial charge in [-0.25, -0.2) is 4.79 Å². The van der Waals surface area contributed by atoms with Crippen molar-refractivity contribution in [3.63, 3.8) is 0 Å². The molecule has 1 aliphatic carbocycles. The average molecular weight is 577 g/mol. The molecular formula is C31H52N4O6. The van der Waals surface area contributed by atoms with E-state index in [9.17, 15) is 19.2 Å². The first-order chi connectivity index (χ1) is 19.1. The number of rotatable bonds is 10. The van der Waals surface area contributed by atoms with Crippen LogP contribution in [0.5, 0.6) is 0 Å². The van der Waals surface area contributed by atoms with Gasteiger partial charge in [-0.15, -0.1) is 6.42 Å². The summed E-state index contributed by atoms with van der Waals surface area (Å²) in [6.45, 7) is 13.4. The van der Waals surface area contributed by atoms with E-state index in [1.54, 1.807) is 32.6 Å². The summed E-state index contributed by atoms with van der Waals surface area (Å²) in [6.07, 6.45) is 11.4. The van der Waals surface area contributed by atoms with Gasteiger partial charge in [-0.05, 0) is 64.7 Å². The zero-order valence-electron chi connectivity index (χ0n) is 26.4. The van der Waals surface area contributed by atoms with Gasteiger partial charge in [-0.1, -0.05) is 46.0 Å². The molecule has 0 radical (unpaired) electrons. The van der Waals surface area contributed by atoms with Crippen LogP contribution in [0.15, 0.2) is 0 Å². The highest BCUT2D eigenvalue weighted by atomic mass is 16.6. The first kappa shape index (κ1) is 34.4. The molecule has 0 aromatic rings. The molecule has 1 saturated heterocycles. The number of hydrogen-bond donors (Lipinski definition) is 2. The number of hydrogen-bond acceptors (Lipinski definition) is 6. The number of nitrogens with zero attached hydrogens (tertiary/aromatic N) is 2. The van der Waals surface area contributed by atoms with Crippen molar-refractivity contribution in [2.75, 3.05) is 26.8 Å². The molecular weight excluding hydrogens is 524 g/mol. The summed E-state index contributed by atoms with van der Waals surface area (Å²) in [5.41, 5.74) is -1.35. The van der Waals surface area contributed by atoms with E-state index in [1.807, 2.05) is 20.8 Å². The number of carbonyl (C=O) groups is 4. The van der Waals surface area contributed by atoms with E-state index >= 15 is 0 Å². The highest BCUT2D eigenvalue weighted by Gasteiger charge is 2.43. The maximum absolute atomic E-state index is 13.9.